The van der Waals surface area contributed by atoms with E-state index in [1.807, 2.05) is 6.07 Å². The SMILES string of the molecule is C#CCSCCNC(=O)C1CC2CCCCC2N1c1ncccn1. The molecule has 6 heteroatoms. The minimum absolute atomic E-state index is 0.0955. The van der Waals surface area contributed by atoms with Crippen LogP contribution in [0.1, 0.15) is 32.1 Å². The second-order valence-electron chi connectivity index (χ2n) is 6.37. The van der Waals surface area contributed by atoms with Crippen LogP contribution in [-0.2, 0) is 4.79 Å². The van der Waals surface area contributed by atoms with E-state index >= 15 is 0 Å². The minimum atomic E-state index is -0.155. The highest BCUT2D eigenvalue weighted by molar-refractivity contribution is 7.99. The van der Waals surface area contributed by atoms with Gasteiger partial charge in [-0.25, -0.2) is 9.97 Å². The van der Waals surface area contributed by atoms with Gasteiger partial charge >= 0.3 is 0 Å². The summed E-state index contributed by atoms with van der Waals surface area (Å²) in [7, 11) is 0. The molecule has 1 amide bonds. The molecule has 0 radical (unpaired) electrons. The topological polar surface area (TPSA) is 58.1 Å². The number of carbonyl (C=O) groups is 1. The molecule has 2 heterocycles. The zero-order valence-electron chi connectivity index (χ0n) is 13.9. The summed E-state index contributed by atoms with van der Waals surface area (Å²) >= 11 is 1.67. The Hall–Kier alpha value is -1.74. The molecule has 0 bridgehead atoms. The van der Waals surface area contributed by atoms with Crippen molar-refractivity contribution in [3.05, 3.63) is 18.5 Å². The molecule has 1 aliphatic heterocycles. The van der Waals surface area contributed by atoms with E-state index in [2.05, 4.69) is 26.1 Å². The van der Waals surface area contributed by atoms with Gasteiger partial charge in [-0.3, -0.25) is 4.79 Å². The maximum Gasteiger partial charge on any atom is 0.242 e. The summed E-state index contributed by atoms with van der Waals surface area (Å²) in [5, 5.41) is 3.07. The predicted molar refractivity (Wildman–Crippen MR) is 97.8 cm³/mol. The number of anilines is 1. The van der Waals surface area contributed by atoms with Crippen molar-refractivity contribution < 1.29 is 4.79 Å². The lowest BCUT2D eigenvalue weighted by Gasteiger charge is -2.33. The first-order chi connectivity index (χ1) is 11.8. The number of hydrogen-bond donors (Lipinski definition) is 1. The molecule has 2 fully saturated rings. The third kappa shape index (κ3) is 3.84. The first-order valence-corrected chi connectivity index (χ1v) is 9.81. The van der Waals surface area contributed by atoms with Crippen LogP contribution in [0.2, 0.25) is 0 Å². The summed E-state index contributed by atoms with van der Waals surface area (Å²) in [6.45, 7) is 0.653. The van der Waals surface area contributed by atoms with Gasteiger partial charge < -0.3 is 10.2 Å². The average molecular weight is 344 g/mol. The van der Waals surface area contributed by atoms with E-state index in [1.165, 1.54) is 19.3 Å². The second kappa shape index (κ2) is 8.39. The van der Waals surface area contributed by atoms with Gasteiger partial charge in [0.1, 0.15) is 6.04 Å². The van der Waals surface area contributed by atoms with Crippen molar-refractivity contribution in [2.24, 2.45) is 5.92 Å². The molecule has 5 nitrogen and oxygen atoms in total. The summed E-state index contributed by atoms with van der Waals surface area (Å²) in [5.41, 5.74) is 0. The molecule has 1 saturated heterocycles. The zero-order valence-corrected chi connectivity index (χ0v) is 14.7. The minimum Gasteiger partial charge on any atom is -0.353 e. The van der Waals surface area contributed by atoms with Crippen molar-refractivity contribution in [3.63, 3.8) is 0 Å². The first kappa shape index (κ1) is 17.1. The van der Waals surface area contributed by atoms with Crippen molar-refractivity contribution in [1.82, 2.24) is 15.3 Å². The summed E-state index contributed by atoms with van der Waals surface area (Å²) in [5.74, 6) is 5.49. The number of aromatic nitrogens is 2. The van der Waals surface area contributed by atoms with E-state index in [0.29, 0.717) is 30.2 Å². The Balaban J connectivity index is 1.68. The fourth-order valence-corrected chi connectivity index (χ4v) is 4.41. The lowest BCUT2D eigenvalue weighted by molar-refractivity contribution is -0.122. The maximum absolute atomic E-state index is 12.7. The molecule has 1 aliphatic carbocycles. The van der Waals surface area contributed by atoms with E-state index in [0.717, 1.165) is 18.6 Å². The Morgan fingerprint density at radius 2 is 2.17 bits per heavy atom. The van der Waals surface area contributed by atoms with E-state index in [1.54, 1.807) is 24.2 Å². The van der Waals surface area contributed by atoms with E-state index in [4.69, 9.17) is 6.42 Å². The molecule has 1 aromatic rings. The molecule has 24 heavy (non-hydrogen) atoms. The van der Waals surface area contributed by atoms with Crippen LogP contribution < -0.4 is 10.2 Å². The maximum atomic E-state index is 12.7. The number of amides is 1. The number of nitrogens with zero attached hydrogens (tertiary/aromatic N) is 3. The monoisotopic (exact) mass is 344 g/mol. The molecule has 1 aromatic heterocycles. The summed E-state index contributed by atoms with van der Waals surface area (Å²) in [4.78, 5) is 23.7. The van der Waals surface area contributed by atoms with Crippen molar-refractivity contribution >= 4 is 23.6 Å². The largest absolute Gasteiger partial charge is 0.353 e. The van der Waals surface area contributed by atoms with Crippen molar-refractivity contribution in [1.29, 1.82) is 0 Å². The Bertz CT molecular complexity index is 588. The molecular formula is C18H24N4OS. The zero-order chi connectivity index (χ0) is 16.8. The number of thioether (sulfide) groups is 1. The Morgan fingerprint density at radius 3 is 2.96 bits per heavy atom. The fourth-order valence-electron chi connectivity index (χ4n) is 3.90. The first-order valence-electron chi connectivity index (χ1n) is 8.65. The second-order valence-corrected chi connectivity index (χ2v) is 7.47. The van der Waals surface area contributed by atoms with Crippen LogP contribution in [-0.4, -0.2) is 46.0 Å². The predicted octanol–water partition coefficient (Wildman–Crippen LogP) is 2.10. The summed E-state index contributed by atoms with van der Waals surface area (Å²) in [6, 6.07) is 2.06. The highest BCUT2D eigenvalue weighted by Gasteiger charge is 2.46. The number of hydrogen-bond acceptors (Lipinski definition) is 5. The average Bonchev–Trinajstić information content (AvgIpc) is 3.02. The van der Waals surface area contributed by atoms with Gasteiger partial charge in [0, 0.05) is 30.7 Å². The van der Waals surface area contributed by atoms with Crippen molar-refractivity contribution in [2.45, 2.75) is 44.2 Å². The van der Waals surface area contributed by atoms with Crippen LogP contribution in [0.5, 0.6) is 0 Å². The third-order valence-corrected chi connectivity index (χ3v) is 5.77. The standard InChI is InChI=1S/C18H24N4OS/c1-2-11-24-12-10-19-17(23)16-13-14-6-3-4-7-15(14)22(16)18-20-8-5-9-21-18/h1,5,8-9,14-16H,3-4,6-7,10-13H2,(H,19,23). The highest BCUT2D eigenvalue weighted by Crippen LogP contribution is 2.41. The Labute approximate surface area is 148 Å². The molecule has 3 unspecified atom stereocenters. The van der Waals surface area contributed by atoms with E-state index < -0.39 is 0 Å². The van der Waals surface area contributed by atoms with Crippen molar-refractivity contribution in [3.8, 4) is 12.3 Å². The van der Waals surface area contributed by atoms with E-state index in [9.17, 15) is 4.79 Å². The molecule has 2 aliphatic rings. The number of rotatable bonds is 6. The van der Waals surface area contributed by atoms with Gasteiger partial charge in [0.15, 0.2) is 0 Å². The molecule has 128 valence electrons. The molecule has 1 N–H and O–H groups in total. The smallest absolute Gasteiger partial charge is 0.242 e. The van der Waals surface area contributed by atoms with Crippen LogP contribution in [0, 0.1) is 18.3 Å². The van der Waals surface area contributed by atoms with Gasteiger partial charge in [-0.05, 0) is 31.2 Å². The van der Waals surface area contributed by atoms with Gasteiger partial charge in [0.2, 0.25) is 11.9 Å². The molecule has 3 atom stereocenters. The Kier molecular flexibility index (Phi) is 5.97. The van der Waals surface area contributed by atoms with Gasteiger partial charge in [-0.2, -0.15) is 0 Å². The van der Waals surface area contributed by atoms with Gasteiger partial charge in [0.25, 0.3) is 0 Å². The third-order valence-electron chi connectivity index (χ3n) is 4.90. The lowest BCUT2D eigenvalue weighted by atomic mass is 9.85. The summed E-state index contributed by atoms with van der Waals surface area (Å²) < 4.78 is 0. The molecular weight excluding hydrogens is 320 g/mol. The van der Waals surface area contributed by atoms with Gasteiger partial charge in [-0.1, -0.05) is 18.8 Å². The molecule has 0 spiro atoms. The number of nitrogens with one attached hydrogen (secondary N) is 1. The molecule has 1 saturated carbocycles. The van der Waals surface area contributed by atoms with Crippen molar-refractivity contribution in [2.75, 3.05) is 23.0 Å². The normalized spacial score (nSPS) is 25.8. The van der Waals surface area contributed by atoms with Crippen LogP contribution >= 0.6 is 11.8 Å². The van der Waals surface area contributed by atoms with Crippen LogP contribution in [0.15, 0.2) is 18.5 Å². The Morgan fingerprint density at radius 1 is 1.38 bits per heavy atom. The van der Waals surface area contributed by atoms with Gasteiger partial charge in [0.05, 0.1) is 5.75 Å². The quantitative estimate of drug-likeness (QED) is 0.633. The lowest BCUT2D eigenvalue weighted by Crippen LogP contribution is -2.48. The van der Waals surface area contributed by atoms with Crippen LogP contribution in [0.4, 0.5) is 5.95 Å². The summed E-state index contributed by atoms with van der Waals surface area (Å²) in [6.07, 6.45) is 14.5. The number of fused-ring (bicyclic) bond motifs is 1. The van der Waals surface area contributed by atoms with Crippen LogP contribution in [0.25, 0.3) is 0 Å². The number of terminal acetylenes is 1. The van der Waals surface area contributed by atoms with Gasteiger partial charge in [-0.15, -0.1) is 18.2 Å². The van der Waals surface area contributed by atoms with E-state index in [-0.39, 0.29) is 11.9 Å². The fraction of sp³-hybridized carbons (Fsp3) is 0.611. The number of carbonyl (C=O) groups excluding carboxylic acids is 1. The van der Waals surface area contributed by atoms with Crippen LogP contribution in [0.3, 0.4) is 0 Å². The highest BCUT2D eigenvalue weighted by atomic mass is 32.2. The molecule has 3 rings (SSSR count). The molecule has 0 aromatic carbocycles.